The fraction of sp³-hybridized carbons (Fsp3) is 0.0556. The van der Waals surface area contributed by atoms with Gasteiger partial charge < -0.3 is 4.42 Å². The molecule has 1 aliphatic carbocycles. The average Bonchev–Trinajstić information content (AvgIpc) is 3.36. The maximum absolute atomic E-state index is 15.2. The molecule has 0 atom stereocenters. The number of furan rings is 1. The van der Waals surface area contributed by atoms with Gasteiger partial charge in [0.2, 0.25) is 0 Å². The first-order chi connectivity index (χ1) is 18.8. The van der Waals surface area contributed by atoms with Crippen molar-refractivity contribution >= 4 is 49.6 Å². The molecule has 8 rings (SSSR count). The largest absolute Gasteiger partial charge is 0.456 e. The van der Waals surface area contributed by atoms with Gasteiger partial charge in [0.15, 0.2) is 0 Å². The smallest absolute Gasteiger partial charge is 0.139 e. The van der Waals surface area contributed by atoms with Gasteiger partial charge in [0.1, 0.15) is 17.0 Å². The Bertz CT molecular complexity index is 2040. The number of rotatable bonds is 2. The summed E-state index contributed by atoms with van der Waals surface area (Å²) in [6.07, 6.45) is 6.46. The van der Waals surface area contributed by atoms with Crippen LogP contribution >= 0.6 is 0 Å². The molecular formula is C36H23FO. The number of allylic oxidation sites excluding steroid dienone is 1. The fourth-order valence-electron chi connectivity index (χ4n) is 6.39. The van der Waals surface area contributed by atoms with Crippen LogP contribution in [0.3, 0.4) is 0 Å². The first-order valence-electron chi connectivity index (χ1n) is 13.1. The second-order valence-electron chi connectivity index (χ2n) is 10.1. The van der Waals surface area contributed by atoms with E-state index in [1.54, 1.807) is 12.1 Å². The van der Waals surface area contributed by atoms with E-state index in [0.29, 0.717) is 5.56 Å². The Morgan fingerprint density at radius 2 is 1.21 bits per heavy atom. The lowest BCUT2D eigenvalue weighted by atomic mass is 9.84. The molecular weight excluding hydrogens is 467 g/mol. The van der Waals surface area contributed by atoms with E-state index < -0.39 is 0 Å². The molecule has 0 saturated heterocycles. The quantitative estimate of drug-likeness (QED) is 0.220. The van der Waals surface area contributed by atoms with Crippen molar-refractivity contribution in [3.8, 4) is 22.3 Å². The molecule has 1 nitrogen and oxygen atoms in total. The Kier molecular flexibility index (Phi) is 4.59. The van der Waals surface area contributed by atoms with Crippen LogP contribution in [0.25, 0.3) is 71.8 Å². The number of hydrogen-bond donors (Lipinski definition) is 0. The van der Waals surface area contributed by atoms with E-state index in [2.05, 4.69) is 78.9 Å². The van der Waals surface area contributed by atoms with Gasteiger partial charge in [-0.25, -0.2) is 4.39 Å². The molecule has 2 heteroatoms. The zero-order chi connectivity index (χ0) is 25.2. The molecule has 0 radical (unpaired) electrons. The van der Waals surface area contributed by atoms with E-state index in [9.17, 15) is 0 Å². The van der Waals surface area contributed by atoms with Gasteiger partial charge in [-0.1, -0.05) is 97.1 Å². The van der Waals surface area contributed by atoms with Crippen molar-refractivity contribution in [2.75, 3.05) is 0 Å². The minimum Gasteiger partial charge on any atom is -0.456 e. The van der Waals surface area contributed by atoms with E-state index >= 15 is 4.39 Å². The lowest BCUT2D eigenvalue weighted by Gasteiger charge is -2.18. The number of fused-ring (bicyclic) bond motifs is 7. The van der Waals surface area contributed by atoms with Crippen molar-refractivity contribution < 1.29 is 8.81 Å². The van der Waals surface area contributed by atoms with Crippen LogP contribution in [-0.4, -0.2) is 0 Å². The SMILES string of the molecule is Fc1ccccc1-c1c2ccccc2c(-c2cccc3oc4c5c(ccc4c23)C=CCC5)c2ccccc12. The highest BCUT2D eigenvalue weighted by molar-refractivity contribution is 6.25. The molecule has 0 fully saturated rings. The summed E-state index contributed by atoms with van der Waals surface area (Å²) in [5.74, 6) is -0.211. The second-order valence-corrected chi connectivity index (χ2v) is 10.1. The number of hydrogen-bond acceptors (Lipinski definition) is 1. The van der Waals surface area contributed by atoms with Gasteiger partial charge in [0.25, 0.3) is 0 Å². The topological polar surface area (TPSA) is 13.1 Å². The third kappa shape index (κ3) is 2.98. The van der Waals surface area contributed by atoms with Crippen molar-refractivity contribution in [1.82, 2.24) is 0 Å². The summed E-state index contributed by atoms with van der Waals surface area (Å²) in [5, 5.41) is 6.57. The fourth-order valence-corrected chi connectivity index (χ4v) is 6.39. The van der Waals surface area contributed by atoms with Crippen LogP contribution in [0.1, 0.15) is 17.5 Å². The highest BCUT2D eigenvalue weighted by atomic mass is 19.1. The summed E-state index contributed by atoms with van der Waals surface area (Å²) < 4.78 is 21.8. The number of benzene rings is 6. The maximum Gasteiger partial charge on any atom is 0.139 e. The van der Waals surface area contributed by atoms with Gasteiger partial charge in [-0.05, 0) is 69.3 Å². The minimum absolute atomic E-state index is 0.211. The predicted octanol–water partition coefficient (Wildman–Crippen LogP) is 10.3. The molecule has 0 bridgehead atoms. The van der Waals surface area contributed by atoms with Crippen LogP contribution < -0.4 is 0 Å². The third-order valence-corrected chi connectivity index (χ3v) is 8.01. The lowest BCUT2D eigenvalue weighted by Crippen LogP contribution is -1.94. The van der Waals surface area contributed by atoms with Gasteiger partial charge in [-0.3, -0.25) is 0 Å². The van der Waals surface area contributed by atoms with Gasteiger partial charge in [0, 0.05) is 27.5 Å². The summed E-state index contributed by atoms with van der Waals surface area (Å²) in [6, 6.07) is 34.6. The summed E-state index contributed by atoms with van der Waals surface area (Å²) in [6.45, 7) is 0. The molecule has 0 saturated carbocycles. The van der Waals surface area contributed by atoms with Crippen molar-refractivity contribution in [2.45, 2.75) is 12.8 Å². The second kappa shape index (κ2) is 8.16. The average molecular weight is 491 g/mol. The Balaban J connectivity index is 1.55. The first kappa shape index (κ1) is 21.4. The van der Waals surface area contributed by atoms with Crippen molar-refractivity contribution in [1.29, 1.82) is 0 Å². The third-order valence-electron chi connectivity index (χ3n) is 8.01. The molecule has 0 unspecified atom stereocenters. The molecule has 0 aliphatic heterocycles. The summed E-state index contributed by atoms with van der Waals surface area (Å²) in [4.78, 5) is 0. The molecule has 0 amide bonds. The number of halogens is 1. The Morgan fingerprint density at radius 1 is 0.579 bits per heavy atom. The van der Waals surface area contributed by atoms with Crippen LogP contribution in [0.2, 0.25) is 0 Å². The van der Waals surface area contributed by atoms with Crippen molar-refractivity contribution in [3.63, 3.8) is 0 Å². The Morgan fingerprint density at radius 3 is 1.92 bits per heavy atom. The van der Waals surface area contributed by atoms with Gasteiger partial charge in [-0.15, -0.1) is 0 Å². The van der Waals surface area contributed by atoms with Crippen LogP contribution in [0, 0.1) is 5.82 Å². The van der Waals surface area contributed by atoms with E-state index in [-0.39, 0.29) is 5.82 Å². The molecule has 1 aromatic heterocycles. The van der Waals surface area contributed by atoms with Gasteiger partial charge in [0.05, 0.1) is 0 Å². The zero-order valence-corrected chi connectivity index (χ0v) is 20.7. The molecule has 0 N–H and O–H groups in total. The monoisotopic (exact) mass is 490 g/mol. The highest BCUT2D eigenvalue weighted by Gasteiger charge is 2.22. The van der Waals surface area contributed by atoms with Crippen molar-refractivity contribution in [3.05, 3.63) is 126 Å². The molecule has 38 heavy (non-hydrogen) atoms. The van der Waals surface area contributed by atoms with E-state index in [1.165, 1.54) is 11.1 Å². The minimum atomic E-state index is -0.211. The van der Waals surface area contributed by atoms with Crippen molar-refractivity contribution in [2.24, 2.45) is 0 Å². The lowest BCUT2D eigenvalue weighted by molar-refractivity contribution is 0.631. The standard InChI is InChI=1S/C36H23FO/c37-31-18-8-7-16-28(31)33-24-12-3-5-14-26(24)34(27-15-6-4-13-25(27)33)29-17-9-19-32-35(29)30-21-20-22-10-1-2-11-23(22)36(30)38-32/h1,3-10,12-21H,2,11H2. The van der Waals surface area contributed by atoms with Crippen LogP contribution in [-0.2, 0) is 6.42 Å². The van der Waals surface area contributed by atoms with Crippen LogP contribution in [0.5, 0.6) is 0 Å². The van der Waals surface area contributed by atoms with Gasteiger partial charge >= 0.3 is 0 Å². The van der Waals surface area contributed by atoms with E-state index in [1.807, 2.05) is 24.3 Å². The normalized spacial score (nSPS) is 13.1. The van der Waals surface area contributed by atoms with E-state index in [0.717, 1.165) is 73.0 Å². The maximum atomic E-state index is 15.2. The summed E-state index contributed by atoms with van der Waals surface area (Å²) >= 11 is 0. The molecule has 7 aromatic rings. The molecule has 1 aliphatic rings. The Hall–Kier alpha value is -4.69. The predicted molar refractivity (Wildman–Crippen MR) is 157 cm³/mol. The van der Waals surface area contributed by atoms with E-state index in [4.69, 9.17) is 4.42 Å². The zero-order valence-electron chi connectivity index (χ0n) is 20.7. The Labute approximate surface area is 219 Å². The molecule has 1 heterocycles. The molecule has 0 spiro atoms. The van der Waals surface area contributed by atoms with Crippen LogP contribution in [0.15, 0.2) is 114 Å². The molecule has 180 valence electrons. The van der Waals surface area contributed by atoms with Crippen LogP contribution in [0.4, 0.5) is 4.39 Å². The summed E-state index contributed by atoms with van der Waals surface area (Å²) in [5.41, 5.74) is 8.27. The molecule has 6 aromatic carbocycles. The summed E-state index contributed by atoms with van der Waals surface area (Å²) in [7, 11) is 0. The first-order valence-corrected chi connectivity index (χ1v) is 13.1. The highest BCUT2D eigenvalue weighted by Crippen LogP contribution is 2.47. The number of aryl methyl sites for hydroxylation is 1. The van der Waals surface area contributed by atoms with Gasteiger partial charge in [-0.2, -0.15) is 0 Å².